The Hall–Kier alpha value is -2.34. The highest BCUT2D eigenvalue weighted by Crippen LogP contribution is 2.27. The zero-order chi connectivity index (χ0) is 19.8. The minimum atomic E-state index is -0.156. The Bertz CT molecular complexity index is 819. The van der Waals surface area contributed by atoms with E-state index >= 15 is 0 Å². The zero-order valence-electron chi connectivity index (χ0n) is 15.9. The van der Waals surface area contributed by atoms with Crippen molar-refractivity contribution in [1.29, 1.82) is 0 Å². The van der Waals surface area contributed by atoms with E-state index in [9.17, 15) is 4.79 Å². The molecule has 1 amide bonds. The number of nitrogens with one attached hydrogen (secondary N) is 1. The van der Waals surface area contributed by atoms with Gasteiger partial charge in [0.15, 0.2) is 0 Å². The molecule has 1 aliphatic rings. The average molecular weight is 401 g/mol. The third-order valence-electron chi connectivity index (χ3n) is 4.77. The van der Waals surface area contributed by atoms with Gasteiger partial charge in [-0.2, -0.15) is 0 Å². The number of hydrogen-bond acceptors (Lipinski definition) is 4. The molecule has 0 saturated carbocycles. The van der Waals surface area contributed by atoms with Crippen molar-refractivity contribution in [3.05, 3.63) is 70.8 Å². The molecule has 0 spiro atoms. The molecule has 0 bridgehead atoms. The maximum atomic E-state index is 12.4. The third kappa shape index (κ3) is 5.35. The fourth-order valence-electron chi connectivity index (χ4n) is 3.30. The van der Waals surface area contributed by atoms with Gasteiger partial charge in [-0.25, -0.2) is 0 Å². The Balaban J connectivity index is 1.68. The molecule has 0 aromatic heterocycles. The van der Waals surface area contributed by atoms with Gasteiger partial charge in [-0.05, 0) is 23.8 Å². The van der Waals surface area contributed by atoms with Crippen LogP contribution < -0.4 is 10.1 Å². The summed E-state index contributed by atoms with van der Waals surface area (Å²) in [5.74, 6) is 0.574. The van der Waals surface area contributed by atoms with E-state index in [0.717, 1.165) is 30.0 Å². The SMILES string of the molecule is COc1ccccc1C=CC(=O)NCC(c1ccccc1Cl)N1CCOCC1. The van der Waals surface area contributed by atoms with E-state index in [1.54, 1.807) is 13.2 Å². The van der Waals surface area contributed by atoms with Gasteiger partial charge in [-0.3, -0.25) is 9.69 Å². The highest BCUT2D eigenvalue weighted by molar-refractivity contribution is 6.31. The lowest BCUT2D eigenvalue weighted by Gasteiger charge is -2.35. The molecule has 5 nitrogen and oxygen atoms in total. The lowest BCUT2D eigenvalue weighted by atomic mass is 10.0. The highest BCUT2D eigenvalue weighted by Gasteiger charge is 2.24. The van der Waals surface area contributed by atoms with Crippen molar-refractivity contribution in [3.8, 4) is 5.75 Å². The third-order valence-corrected chi connectivity index (χ3v) is 5.12. The molecule has 0 radical (unpaired) electrons. The summed E-state index contributed by atoms with van der Waals surface area (Å²) < 4.78 is 10.8. The van der Waals surface area contributed by atoms with E-state index in [1.165, 1.54) is 6.08 Å². The summed E-state index contributed by atoms with van der Waals surface area (Å²) in [6.07, 6.45) is 3.29. The molecule has 1 saturated heterocycles. The largest absolute Gasteiger partial charge is 0.496 e. The van der Waals surface area contributed by atoms with Crippen LogP contribution in [0.4, 0.5) is 0 Å². The summed E-state index contributed by atoms with van der Waals surface area (Å²) in [6.45, 7) is 3.45. The maximum absolute atomic E-state index is 12.4. The predicted molar refractivity (Wildman–Crippen MR) is 112 cm³/mol. The molecule has 28 heavy (non-hydrogen) atoms. The van der Waals surface area contributed by atoms with E-state index in [1.807, 2.05) is 48.5 Å². The van der Waals surface area contributed by atoms with Gasteiger partial charge in [0.05, 0.1) is 26.4 Å². The molecule has 1 N–H and O–H groups in total. The van der Waals surface area contributed by atoms with Gasteiger partial charge in [0.1, 0.15) is 5.75 Å². The summed E-state index contributed by atoms with van der Waals surface area (Å²) in [5.41, 5.74) is 1.87. The average Bonchev–Trinajstić information content (AvgIpc) is 2.74. The Morgan fingerprint density at radius 3 is 2.68 bits per heavy atom. The van der Waals surface area contributed by atoms with Crippen LogP contribution in [0.1, 0.15) is 17.2 Å². The Morgan fingerprint density at radius 2 is 1.93 bits per heavy atom. The number of para-hydroxylation sites is 1. The van der Waals surface area contributed by atoms with Crippen LogP contribution in [0.2, 0.25) is 5.02 Å². The minimum absolute atomic E-state index is 0.00112. The Kier molecular flexibility index (Phi) is 7.48. The topological polar surface area (TPSA) is 50.8 Å². The molecular formula is C22H25ClN2O3. The molecule has 2 aromatic carbocycles. The van der Waals surface area contributed by atoms with E-state index in [0.29, 0.717) is 24.8 Å². The number of amides is 1. The fourth-order valence-corrected chi connectivity index (χ4v) is 3.56. The van der Waals surface area contributed by atoms with Crippen molar-refractivity contribution in [2.24, 2.45) is 0 Å². The molecule has 0 aliphatic carbocycles. The van der Waals surface area contributed by atoms with Crippen LogP contribution in [-0.2, 0) is 9.53 Å². The van der Waals surface area contributed by atoms with Gasteiger partial charge in [0, 0.05) is 36.3 Å². The van der Waals surface area contributed by atoms with Crippen molar-refractivity contribution < 1.29 is 14.3 Å². The van der Waals surface area contributed by atoms with Crippen LogP contribution >= 0.6 is 11.6 Å². The molecule has 1 aliphatic heterocycles. The standard InChI is InChI=1S/C22H25ClN2O3/c1-27-21-9-5-2-6-17(21)10-11-22(26)24-16-20(25-12-14-28-15-13-25)18-7-3-4-8-19(18)23/h2-11,20H,12-16H2,1H3,(H,24,26). The minimum Gasteiger partial charge on any atom is -0.496 e. The summed E-state index contributed by atoms with van der Waals surface area (Å²) >= 11 is 6.43. The van der Waals surface area contributed by atoms with Crippen LogP contribution in [0.3, 0.4) is 0 Å². The Morgan fingerprint density at radius 1 is 1.21 bits per heavy atom. The van der Waals surface area contributed by atoms with Gasteiger partial charge >= 0.3 is 0 Å². The number of carbonyl (C=O) groups excluding carboxylic acids is 1. The molecule has 1 heterocycles. The smallest absolute Gasteiger partial charge is 0.244 e. The number of rotatable bonds is 7. The first-order valence-corrected chi connectivity index (χ1v) is 9.72. The van der Waals surface area contributed by atoms with Crippen molar-refractivity contribution in [2.75, 3.05) is 40.0 Å². The molecule has 6 heteroatoms. The normalized spacial score (nSPS) is 16.1. The lowest BCUT2D eigenvalue weighted by Crippen LogP contribution is -2.43. The quantitative estimate of drug-likeness (QED) is 0.722. The molecule has 148 valence electrons. The maximum Gasteiger partial charge on any atom is 0.244 e. The number of carbonyl (C=O) groups is 1. The van der Waals surface area contributed by atoms with Crippen LogP contribution in [-0.4, -0.2) is 50.8 Å². The van der Waals surface area contributed by atoms with Gasteiger partial charge in [0.2, 0.25) is 5.91 Å². The summed E-state index contributed by atoms with van der Waals surface area (Å²) in [5, 5.41) is 3.71. The van der Waals surface area contributed by atoms with Crippen LogP contribution in [0.25, 0.3) is 6.08 Å². The van der Waals surface area contributed by atoms with Crippen molar-refractivity contribution in [3.63, 3.8) is 0 Å². The number of ether oxygens (including phenoxy) is 2. The predicted octanol–water partition coefficient (Wildman–Crippen LogP) is 3.55. The number of morpholine rings is 1. The van der Waals surface area contributed by atoms with E-state index in [4.69, 9.17) is 21.1 Å². The first-order chi connectivity index (χ1) is 13.7. The van der Waals surface area contributed by atoms with E-state index < -0.39 is 0 Å². The van der Waals surface area contributed by atoms with Gasteiger partial charge in [-0.1, -0.05) is 48.0 Å². The highest BCUT2D eigenvalue weighted by atomic mass is 35.5. The summed E-state index contributed by atoms with van der Waals surface area (Å²) in [4.78, 5) is 14.7. The second-order valence-corrected chi connectivity index (χ2v) is 6.91. The number of halogens is 1. The number of nitrogens with zero attached hydrogens (tertiary/aromatic N) is 1. The first kappa shape index (κ1) is 20.4. The fraction of sp³-hybridized carbons (Fsp3) is 0.318. The number of hydrogen-bond donors (Lipinski definition) is 1. The van der Waals surface area contributed by atoms with Crippen molar-refractivity contribution >= 4 is 23.6 Å². The second kappa shape index (κ2) is 10.3. The molecule has 2 aromatic rings. The second-order valence-electron chi connectivity index (χ2n) is 6.51. The number of methoxy groups -OCH3 is 1. The summed E-state index contributed by atoms with van der Waals surface area (Å²) in [7, 11) is 1.61. The molecule has 1 atom stereocenters. The van der Waals surface area contributed by atoms with Gasteiger partial charge < -0.3 is 14.8 Å². The monoisotopic (exact) mass is 400 g/mol. The first-order valence-electron chi connectivity index (χ1n) is 9.34. The van der Waals surface area contributed by atoms with Gasteiger partial charge in [-0.15, -0.1) is 0 Å². The van der Waals surface area contributed by atoms with E-state index in [2.05, 4.69) is 10.2 Å². The number of benzene rings is 2. The zero-order valence-corrected chi connectivity index (χ0v) is 16.7. The molecular weight excluding hydrogens is 376 g/mol. The molecule has 1 fully saturated rings. The molecule has 3 rings (SSSR count). The van der Waals surface area contributed by atoms with Crippen LogP contribution in [0, 0.1) is 0 Å². The van der Waals surface area contributed by atoms with Crippen molar-refractivity contribution in [1.82, 2.24) is 10.2 Å². The lowest BCUT2D eigenvalue weighted by molar-refractivity contribution is -0.116. The molecule has 1 unspecified atom stereocenters. The van der Waals surface area contributed by atoms with Gasteiger partial charge in [0.25, 0.3) is 0 Å². The van der Waals surface area contributed by atoms with Crippen molar-refractivity contribution in [2.45, 2.75) is 6.04 Å². The Labute approximate surface area is 170 Å². The summed E-state index contributed by atoms with van der Waals surface area (Å²) in [6, 6.07) is 15.4. The van der Waals surface area contributed by atoms with E-state index in [-0.39, 0.29) is 11.9 Å². The van der Waals surface area contributed by atoms with Crippen LogP contribution in [0.15, 0.2) is 54.6 Å². The van der Waals surface area contributed by atoms with Crippen LogP contribution in [0.5, 0.6) is 5.75 Å².